The van der Waals surface area contributed by atoms with Gasteiger partial charge in [0, 0.05) is 31.9 Å². The first-order valence-electron chi connectivity index (χ1n) is 7.24. The maximum absolute atomic E-state index is 2.56. The van der Waals surface area contributed by atoms with Gasteiger partial charge in [-0.3, -0.25) is 4.90 Å². The monoisotopic (exact) mass is 252 g/mol. The number of nitrogens with zero attached hydrogens (tertiary/aromatic N) is 2. The Morgan fingerprint density at radius 1 is 0.944 bits per heavy atom. The molecule has 0 aromatic carbocycles. The molecule has 0 radical (unpaired) electrons. The Labute approximate surface area is 114 Å². The summed E-state index contributed by atoms with van der Waals surface area (Å²) in [6, 6.07) is 0. The average molecular weight is 252 g/mol. The molecule has 1 fully saturated rings. The molecule has 0 amide bonds. The largest absolute Gasteiger partial charge is 0.373 e. The van der Waals surface area contributed by atoms with Gasteiger partial charge in [0.1, 0.15) is 0 Å². The van der Waals surface area contributed by atoms with E-state index in [1.807, 2.05) is 6.92 Å². The molecule has 0 unspecified atom stereocenters. The van der Waals surface area contributed by atoms with Crippen molar-refractivity contribution in [3.05, 3.63) is 23.4 Å². The van der Waals surface area contributed by atoms with Crippen LogP contribution in [-0.2, 0) is 0 Å². The fraction of sp³-hybridized carbons (Fsp3) is 0.750. The lowest BCUT2D eigenvalue weighted by atomic mass is 10.2. The van der Waals surface area contributed by atoms with E-state index in [1.165, 1.54) is 50.4 Å². The molecular weight excluding hydrogens is 220 g/mol. The van der Waals surface area contributed by atoms with Crippen LogP contribution >= 0.6 is 0 Å². The zero-order valence-corrected chi connectivity index (χ0v) is 13.3. The number of rotatable bonds is 3. The van der Waals surface area contributed by atoms with Crippen LogP contribution in [-0.4, -0.2) is 42.5 Å². The summed E-state index contributed by atoms with van der Waals surface area (Å²) >= 11 is 0. The zero-order chi connectivity index (χ0) is 14.0. The second-order valence-corrected chi connectivity index (χ2v) is 5.12. The van der Waals surface area contributed by atoms with E-state index in [2.05, 4.69) is 56.6 Å². The summed E-state index contributed by atoms with van der Waals surface area (Å²) in [5.74, 6) is 0. The Hall–Kier alpha value is -0.760. The van der Waals surface area contributed by atoms with E-state index in [9.17, 15) is 0 Å². The van der Waals surface area contributed by atoms with Crippen molar-refractivity contribution in [3.63, 3.8) is 0 Å². The van der Waals surface area contributed by atoms with E-state index in [0.717, 1.165) is 0 Å². The molecule has 0 saturated carbocycles. The third-order valence-corrected chi connectivity index (χ3v) is 3.41. The molecule has 1 heterocycles. The standard InChI is InChI=1S/C11H22N2.C5H10/c1-4-6-12-7-9-13(10-8-12)11(3)5-2;1-4-5(2)3/h5H,4,6-10H2,1-3H3;4H,1-3H3/b11-5+;. The van der Waals surface area contributed by atoms with Crippen molar-refractivity contribution < 1.29 is 0 Å². The van der Waals surface area contributed by atoms with Crippen LogP contribution in [0.4, 0.5) is 0 Å². The van der Waals surface area contributed by atoms with Gasteiger partial charge in [-0.05, 0) is 47.6 Å². The van der Waals surface area contributed by atoms with Gasteiger partial charge < -0.3 is 4.90 Å². The predicted octanol–water partition coefficient (Wildman–Crippen LogP) is 3.91. The van der Waals surface area contributed by atoms with Gasteiger partial charge in [0.25, 0.3) is 0 Å². The maximum atomic E-state index is 2.56. The number of piperazine rings is 1. The van der Waals surface area contributed by atoms with Gasteiger partial charge in [0.05, 0.1) is 0 Å². The number of hydrogen-bond donors (Lipinski definition) is 0. The smallest absolute Gasteiger partial charge is 0.0303 e. The van der Waals surface area contributed by atoms with Gasteiger partial charge in [-0.15, -0.1) is 0 Å². The highest BCUT2D eigenvalue weighted by atomic mass is 15.3. The normalized spacial score (nSPS) is 17.0. The summed E-state index contributed by atoms with van der Waals surface area (Å²) in [7, 11) is 0. The minimum Gasteiger partial charge on any atom is -0.373 e. The van der Waals surface area contributed by atoms with E-state index >= 15 is 0 Å². The van der Waals surface area contributed by atoms with E-state index in [4.69, 9.17) is 0 Å². The molecule has 0 aromatic rings. The second-order valence-electron chi connectivity index (χ2n) is 5.12. The van der Waals surface area contributed by atoms with Gasteiger partial charge in [-0.1, -0.05) is 24.6 Å². The molecule has 0 N–H and O–H groups in total. The lowest BCUT2D eigenvalue weighted by Crippen LogP contribution is -2.45. The van der Waals surface area contributed by atoms with Crippen LogP contribution in [0.2, 0.25) is 0 Å². The van der Waals surface area contributed by atoms with Crippen molar-refractivity contribution in [3.8, 4) is 0 Å². The van der Waals surface area contributed by atoms with Crippen LogP contribution in [0.3, 0.4) is 0 Å². The van der Waals surface area contributed by atoms with Crippen LogP contribution in [0.5, 0.6) is 0 Å². The van der Waals surface area contributed by atoms with Gasteiger partial charge >= 0.3 is 0 Å². The van der Waals surface area contributed by atoms with Gasteiger partial charge in [-0.2, -0.15) is 0 Å². The molecule has 2 heteroatoms. The van der Waals surface area contributed by atoms with Crippen LogP contribution in [0, 0.1) is 0 Å². The first-order chi connectivity index (χ1) is 8.54. The van der Waals surface area contributed by atoms with E-state index in [1.54, 1.807) is 0 Å². The molecule has 1 saturated heterocycles. The molecular formula is C16H32N2. The van der Waals surface area contributed by atoms with Crippen molar-refractivity contribution in [1.29, 1.82) is 0 Å². The van der Waals surface area contributed by atoms with Crippen molar-refractivity contribution in [2.45, 2.75) is 48.0 Å². The summed E-state index contributed by atoms with van der Waals surface area (Å²) in [4.78, 5) is 5.03. The summed E-state index contributed by atoms with van der Waals surface area (Å²) in [5, 5.41) is 0. The zero-order valence-electron chi connectivity index (χ0n) is 13.3. The highest BCUT2D eigenvalue weighted by molar-refractivity contribution is 4.97. The Bertz CT molecular complexity index is 254. The minimum absolute atomic E-state index is 1.20. The van der Waals surface area contributed by atoms with Gasteiger partial charge in [0.2, 0.25) is 0 Å². The van der Waals surface area contributed by atoms with Crippen LogP contribution in [0.1, 0.15) is 48.0 Å². The van der Waals surface area contributed by atoms with Gasteiger partial charge in [0.15, 0.2) is 0 Å². The highest BCUT2D eigenvalue weighted by Crippen LogP contribution is 2.08. The highest BCUT2D eigenvalue weighted by Gasteiger charge is 2.15. The molecule has 1 rings (SSSR count). The third kappa shape index (κ3) is 7.54. The molecule has 0 spiro atoms. The molecule has 18 heavy (non-hydrogen) atoms. The Morgan fingerprint density at radius 3 is 1.78 bits per heavy atom. The van der Waals surface area contributed by atoms with Crippen molar-refractivity contribution >= 4 is 0 Å². The quantitative estimate of drug-likeness (QED) is 0.703. The Morgan fingerprint density at radius 2 is 1.44 bits per heavy atom. The van der Waals surface area contributed by atoms with Gasteiger partial charge in [-0.25, -0.2) is 0 Å². The SMILES string of the molecule is C/C=C(\C)N1CCN(CCC)CC1.CC=C(C)C. The number of hydrogen-bond acceptors (Lipinski definition) is 2. The fourth-order valence-electron chi connectivity index (χ4n) is 1.82. The fourth-order valence-corrected chi connectivity index (χ4v) is 1.82. The van der Waals surface area contributed by atoms with E-state index < -0.39 is 0 Å². The van der Waals surface area contributed by atoms with Crippen LogP contribution in [0.15, 0.2) is 23.4 Å². The molecule has 106 valence electrons. The molecule has 0 aliphatic carbocycles. The summed E-state index contributed by atoms with van der Waals surface area (Å²) in [6.07, 6.45) is 5.57. The summed E-state index contributed by atoms with van der Waals surface area (Å²) < 4.78 is 0. The molecule has 0 bridgehead atoms. The van der Waals surface area contributed by atoms with Crippen LogP contribution in [0.25, 0.3) is 0 Å². The average Bonchev–Trinajstić information content (AvgIpc) is 2.39. The topological polar surface area (TPSA) is 6.48 Å². The molecule has 0 aromatic heterocycles. The summed E-state index contributed by atoms with van der Waals surface area (Å²) in [6.45, 7) is 18.9. The molecule has 1 aliphatic heterocycles. The lowest BCUT2D eigenvalue weighted by molar-refractivity contribution is 0.159. The van der Waals surface area contributed by atoms with Crippen molar-refractivity contribution in [2.24, 2.45) is 0 Å². The first kappa shape index (κ1) is 17.2. The van der Waals surface area contributed by atoms with Crippen LogP contribution < -0.4 is 0 Å². The Kier molecular flexibility index (Phi) is 9.76. The third-order valence-electron chi connectivity index (χ3n) is 3.41. The minimum atomic E-state index is 1.20. The van der Waals surface area contributed by atoms with E-state index in [0.29, 0.717) is 0 Å². The molecule has 0 atom stereocenters. The molecule has 2 nitrogen and oxygen atoms in total. The lowest BCUT2D eigenvalue weighted by Gasteiger charge is -2.36. The summed E-state index contributed by atoms with van der Waals surface area (Å²) in [5.41, 5.74) is 2.81. The number of allylic oxidation sites excluding steroid dienone is 4. The Balaban J connectivity index is 0.000000494. The van der Waals surface area contributed by atoms with Crippen molar-refractivity contribution in [1.82, 2.24) is 9.80 Å². The van der Waals surface area contributed by atoms with Crippen molar-refractivity contribution in [2.75, 3.05) is 32.7 Å². The predicted molar refractivity (Wildman–Crippen MR) is 82.8 cm³/mol. The molecule has 1 aliphatic rings. The first-order valence-corrected chi connectivity index (χ1v) is 7.24. The van der Waals surface area contributed by atoms with E-state index in [-0.39, 0.29) is 0 Å². The second kappa shape index (κ2) is 10.2. The maximum Gasteiger partial charge on any atom is 0.0303 e.